The lowest BCUT2D eigenvalue weighted by Gasteiger charge is -2.59. The maximum Gasteiger partial charge on any atom is 0.205 e. The van der Waals surface area contributed by atoms with Crippen LogP contribution in [0.1, 0.15) is 89.7 Å². The Labute approximate surface area is 246 Å². The number of phenols is 1. The van der Waals surface area contributed by atoms with Crippen molar-refractivity contribution in [1.82, 2.24) is 0 Å². The second-order valence-corrected chi connectivity index (χ2v) is 13.9. The average molecular weight is 577 g/mol. The molecule has 42 heavy (non-hydrogen) atoms. The quantitative estimate of drug-likeness (QED) is 0.277. The number of Topliss-reactive ketones (excluding diaryl/α,β-unsaturated/α-hetero) is 2. The Morgan fingerprint density at radius 2 is 1.81 bits per heavy atom. The molecule has 0 aromatic heterocycles. The van der Waals surface area contributed by atoms with Crippen molar-refractivity contribution in [2.45, 2.75) is 109 Å². The fourth-order valence-corrected chi connectivity index (χ4v) is 7.99. The summed E-state index contributed by atoms with van der Waals surface area (Å²) in [6.07, 6.45) is 6.38. The smallest absolute Gasteiger partial charge is 0.205 e. The van der Waals surface area contributed by atoms with Crippen LogP contribution in [0.2, 0.25) is 0 Å². The summed E-state index contributed by atoms with van der Waals surface area (Å²) in [4.78, 5) is 41.0. The van der Waals surface area contributed by atoms with Gasteiger partial charge in [-0.15, -0.1) is 0 Å². The highest BCUT2D eigenvalue weighted by Gasteiger charge is 2.84. The maximum atomic E-state index is 14.8. The van der Waals surface area contributed by atoms with Crippen molar-refractivity contribution >= 4 is 17.9 Å². The Bertz CT molecular complexity index is 1550. The van der Waals surface area contributed by atoms with E-state index in [-0.39, 0.29) is 47.4 Å². The Morgan fingerprint density at radius 3 is 2.43 bits per heavy atom. The number of phenolic OH excluding ortho intramolecular Hbond substituents is 1. The molecule has 1 saturated carbocycles. The maximum absolute atomic E-state index is 14.8. The molecular formula is C34H40O8. The van der Waals surface area contributed by atoms with Gasteiger partial charge in [0.25, 0.3) is 0 Å². The lowest BCUT2D eigenvalue weighted by atomic mass is 9.49. The van der Waals surface area contributed by atoms with E-state index in [0.717, 1.165) is 11.9 Å². The van der Waals surface area contributed by atoms with Crippen molar-refractivity contribution in [3.05, 3.63) is 51.6 Å². The first kappa shape index (κ1) is 28.9. The summed E-state index contributed by atoms with van der Waals surface area (Å²) in [6, 6.07) is 0. The van der Waals surface area contributed by atoms with Crippen molar-refractivity contribution in [3.8, 4) is 17.2 Å². The summed E-state index contributed by atoms with van der Waals surface area (Å²) < 4.78 is 26.3. The highest BCUT2D eigenvalue weighted by atomic mass is 16.6. The summed E-state index contributed by atoms with van der Waals surface area (Å²) in [5.74, 6) is -0.614. The fourth-order valence-electron chi connectivity index (χ4n) is 7.99. The molecule has 3 heterocycles. The molecule has 0 unspecified atom stereocenters. The first-order chi connectivity index (χ1) is 19.5. The van der Waals surface area contributed by atoms with Crippen LogP contribution in [-0.2, 0) is 30.9 Å². The van der Waals surface area contributed by atoms with Crippen LogP contribution in [0.5, 0.6) is 17.2 Å². The zero-order valence-electron chi connectivity index (χ0n) is 25.9. The molecule has 224 valence electrons. The third kappa shape index (κ3) is 3.23. The summed E-state index contributed by atoms with van der Waals surface area (Å²) >= 11 is 0. The molecule has 1 aromatic carbocycles. The number of fused-ring (bicyclic) bond motifs is 3. The molecule has 1 aromatic rings. The number of rotatable bonds is 6. The van der Waals surface area contributed by atoms with Gasteiger partial charge in [-0.2, -0.15) is 0 Å². The molecular weight excluding hydrogens is 536 g/mol. The molecule has 3 aliphatic carbocycles. The minimum atomic E-state index is -1.64. The topological polar surface area (TPSA) is 108 Å². The van der Waals surface area contributed by atoms with Crippen LogP contribution in [0.4, 0.5) is 0 Å². The third-order valence-electron chi connectivity index (χ3n) is 10.5. The number of allylic oxidation sites excluding steroid dienone is 3. The third-order valence-corrected chi connectivity index (χ3v) is 10.5. The molecule has 6 aliphatic rings. The second-order valence-electron chi connectivity index (χ2n) is 13.9. The van der Waals surface area contributed by atoms with E-state index in [1.165, 1.54) is 7.11 Å². The van der Waals surface area contributed by atoms with Gasteiger partial charge in [-0.25, -0.2) is 0 Å². The minimum absolute atomic E-state index is 0.0184. The highest BCUT2D eigenvalue weighted by molar-refractivity contribution is 6.20. The van der Waals surface area contributed by atoms with Crippen LogP contribution in [0.25, 0.3) is 0 Å². The van der Waals surface area contributed by atoms with Gasteiger partial charge in [0.15, 0.2) is 17.0 Å². The van der Waals surface area contributed by atoms with Gasteiger partial charge in [0, 0.05) is 41.6 Å². The van der Waals surface area contributed by atoms with Crippen LogP contribution in [0.3, 0.4) is 0 Å². The minimum Gasteiger partial charge on any atom is -0.507 e. The number of hydrogen-bond donors (Lipinski definition) is 1. The van der Waals surface area contributed by atoms with E-state index in [1.54, 1.807) is 19.1 Å². The molecule has 1 N–H and O–H groups in total. The Hall–Kier alpha value is -3.23. The number of hydrogen-bond acceptors (Lipinski definition) is 8. The Morgan fingerprint density at radius 1 is 1.12 bits per heavy atom. The molecule has 7 rings (SSSR count). The SMILES string of the molecule is CO[C@@]12C=C3C(=O)c4c(O)c(CC=C(C)C)c5c(c4O[C@]34[C@@H](C1)C(C)(C)O[C@]4(CC=C(C)C=O)C2=O)C(C)(C)[C@H](C)O5. The summed E-state index contributed by atoms with van der Waals surface area (Å²) in [7, 11) is 1.46. The first-order valence-electron chi connectivity index (χ1n) is 14.7. The van der Waals surface area contributed by atoms with Gasteiger partial charge in [0.1, 0.15) is 40.8 Å². The zero-order chi connectivity index (χ0) is 30.8. The molecule has 0 radical (unpaired) electrons. The van der Waals surface area contributed by atoms with Crippen molar-refractivity contribution < 1.29 is 38.4 Å². The van der Waals surface area contributed by atoms with Gasteiger partial charge in [-0.1, -0.05) is 31.6 Å². The summed E-state index contributed by atoms with van der Waals surface area (Å²) in [5.41, 5.74) is -2.95. The summed E-state index contributed by atoms with van der Waals surface area (Å²) in [5, 5.41) is 11.8. The predicted molar refractivity (Wildman–Crippen MR) is 155 cm³/mol. The van der Waals surface area contributed by atoms with Crippen LogP contribution in [0, 0.1) is 5.92 Å². The number of benzene rings is 1. The largest absolute Gasteiger partial charge is 0.507 e. The number of methoxy groups -OCH3 is 1. The van der Waals surface area contributed by atoms with Gasteiger partial charge >= 0.3 is 0 Å². The summed E-state index contributed by atoms with van der Waals surface area (Å²) in [6.45, 7) is 15.5. The average Bonchev–Trinajstić information content (AvgIpc) is 3.25. The van der Waals surface area contributed by atoms with Crippen molar-refractivity contribution in [3.63, 3.8) is 0 Å². The lowest BCUT2D eigenvalue weighted by Crippen LogP contribution is -2.77. The normalized spacial score (nSPS) is 34.6. The van der Waals surface area contributed by atoms with Crippen molar-refractivity contribution in [2.24, 2.45) is 5.92 Å². The van der Waals surface area contributed by atoms with Gasteiger partial charge in [0.05, 0.1) is 5.60 Å². The second kappa shape index (κ2) is 8.66. The number of carbonyl (C=O) groups is 3. The van der Waals surface area contributed by atoms with E-state index in [1.807, 2.05) is 54.5 Å². The number of aromatic hydroxyl groups is 1. The molecule has 2 fully saturated rings. The Kier molecular flexibility index (Phi) is 5.96. The Balaban J connectivity index is 1.71. The molecule has 1 spiro atoms. The molecule has 3 aliphatic heterocycles. The molecule has 8 heteroatoms. The van der Waals surface area contributed by atoms with Gasteiger partial charge in [0.2, 0.25) is 5.78 Å². The van der Waals surface area contributed by atoms with E-state index in [2.05, 4.69) is 0 Å². The van der Waals surface area contributed by atoms with Gasteiger partial charge < -0.3 is 24.1 Å². The van der Waals surface area contributed by atoms with E-state index in [9.17, 15) is 19.5 Å². The van der Waals surface area contributed by atoms with Crippen LogP contribution in [-0.4, -0.2) is 58.6 Å². The van der Waals surface area contributed by atoms with Crippen molar-refractivity contribution in [2.75, 3.05) is 7.11 Å². The van der Waals surface area contributed by atoms with E-state index >= 15 is 0 Å². The first-order valence-corrected chi connectivity index (χ1v) is 14.7. The van der Waals surface area contributed by atoms with E-state index in [4.69, 9.17) is 18.9 Å². The fraction of sp³-hybridized carbons (Fsp3) is 0.559. The van der Waals surface area contributed by atoms with Crippen LogP contribution >= 0.6 is 0 Å². The molecule has 8 nitrogen and oxygen atoms in total. The standard InChI is InChI=1S/C34H40O8/c1-17(2)10-11-20-25(36)23-26(37)21-14-32(39-9)15-22-31(7,8)42-33(29(32)38,13-12-18(3)16-35)34(21,22)41-28(23)24-27(20)40-19(4)30(24,5)6/h10,12,14,16,19,22,36H,11,13,15H2,1-9H3/t19-,22-,32-,33+,34-/m0/s1. The zero-order valence-corrected chi connectivity index (χ0v) is 25.9. The van der Waals surface area contributed by atoms with Crippen molar-refractivity contribution in [1.29, 1.82) is 0 Å². The van der Waals surface area contributed by atoms with Gasteiger partial charge in [-0.05, 0) is 66.0 Å². The van der Waals surface area contributed by atoms with E-state index in [0.29, 0.717) is 28.9 Å². The van der Waals surface area contributed by atoms with Gasteiger partial charge in [-0.3, -0.25) is 14.4 Å². The highest BCUT2D eigenvalue weighted by Crippen LogP contribution is 2.70. The van der Waals surface area contributed by atoms with Crippen LogP contribution < -0.4 is 9.47 Å². The molecule has 5 atom stereocenters. The molecule has 0 amide bonds. The molecule has 4 bridgehead atoms. The van der Waals surface area contributed by atoms with Crippen LogP contribution in [0.15, 0.2) is 34.9 Å². The number of ketones is 2. The number of ether oxygens (including phenoxy) is 4. The molecule has 1 saturated heterocycles. The monoisotopic (exact) mass is 576 g/mol. The predicted octanol–water partition coefficient (Wildman–Crippen LogP) is 5.27. The number of carbonyl (C=O) groups excluding carboxylic acids is 3. The lowest BCUT2D eigenvalue weighted by molar-refractivity contribution is -0.190. The number of aldehydes is 1. The van der Waals surface area contributed by atoms with E-state index < -0.39 is 39.5 Å².